The number of amides is 3. The number of rotatable bonds is 5. The predicted molar refractivity (Wildman–Crippen MR) is 137 cm³/mol. The molecule has 1 aliphatic heterocycles. The van der Waals surface area contributed by atoms with Crippen molar-refractivity contribution in [2.45, 2.75) is 12.5 Å². The number of nitrogens with one attached hydrogen (secondary N) is 2. The molecule has 3 aromatic rings. The first-order valence-corrected chi connectivity index (χ1v) is 11.4. The van der Waals surface area contributed by atoms with Crippen LogP contribution in [0.4, 0.5) is 17.1 Å². The molecule has 0 saturated carbocycles. The second-order valence-corrected chi connectivity index (χ2v) is 8.69. The maximum absolute atomic E-state index is 13.3. The SMILES string of the molecule is O=C(CC1C(=O)Nc2ccccc2N1C(=O)C=Cc1ccccc1Cl)Nc1ccc(Cl)c(Cl)c1. The Morgan fingerprint density at radius 1 is 0.941 bits per heavy atom. The summed E-state index contributed by atoms with van der Waals surface area (Å²) in [6.07, 6.45) is 2.64. The van der Waals surface area contributed by atoms with Crippen molar-refractivity contribution in [2.24, 2.45) is 0 Å². The Labute approximate surface area is 211 Å². The fraction of sp³-hybridized carbons (Fsp3) is 0.0800. The number of fused-ring (bicyclic) bond motifs is 1. The summed E-state index contributed by atoms with van der Waals surface area (Å²) in [5.41, 5.74) is 2.05. The number of halogens is 3. The fourth-order valence-corrected chi connectivity index (χ4v) is 4.06. The number of para-hydroxylation sites is 2. The van der Waals surface area contributed by atoms with Crippen molar-refractivity contribution in [3.8, 4) is 0 Å². The molecule has 0 aromatic heterocycles. The van der Waals surface area contributed by atoms with Gasteiger partial charge < -0.3 is 10.6 Å². The highest BCUT2D eigenvalue weighted by Gasteiger charge is 2.37. The van der Waals surface area contributed by atoms with Gasteiger partial charge in [-0.15, -0.1) is 0 Å². The summed E-state index contributed by atoms with van der Waals surface area (Å²) in [6, 6.07) is 17.6. The van der Waals surface area contributed by atoms with Gasteiger partial charge in [0.15, 0.2) is 0 Å². The molecule has 2 N–H and O–H groups in total. The number of benzene rings is 3. The lowest BCUT2D eigenvalue weighted by Gasteiger charge is -2.35. The second-order valence-electron chi connectivity index (χ2n) is 7.47. The Kier molecular flexibility index (Phi) is 7.22. The topological polar surface area (TPSA) is 78.5 Å². The standard InChI is InChI=1S/C25H18Cl3N3O3/c26-17-6-2-1-5-15(17)9-12-24(33)31-21-8-4-3-7-20(21)30-25(34)22(31)14-23(32)29-16-10-11-18(27)19(28)13-16/h1-13,22H,14H2,(H,29,32)(H,30,34). The van der Waals surface area contributed by atoms with E-state index >= 15 is 0 Å². The molecular formula is C25H18Cl3N3O3. The van der Waals surface area contributed by atoms with Crippen molar-refractivity contribution in [1.82, 2.24) is 0 Å². The minimum Gasteiger partial charge on any atom is -0.326 e. The van der Waals surface area contributed by atoms with E-state index < -0.39 is 23.8 Å². The number of hydrogen-bond donors (Lipinski definition) is 2. The van der Waals surface area contributed by atoms with Gasteiger partial charge in [0.05, 0.1) is 27.8 Å². The van der Waals surface area contributed by atoms with E-state index in [1.54, 1.807) is 66.7 Å². The van der Waals surface area contributed by atoms with E-state index in [-0.39, 0.29) is 11.4 Å². The molecule has 1 aliphatic rings. The molecule has 0 aliphatic carbocycles. The Bertz CT molecular complexity index is 1310. The van der Waals surface area contributed by atoms with Crippen LogP contribution in [0, 0.1) is 0 Å². The highest BCUT2D eigenvalue weighted by molar-refractivity contribution is 6.42. The Hall–Kier alpha value is -3.32. The van der Waals surface area contributed by atoms with Gasteiger partial charge in [0.1, 0.15) is 6.04 Å². The van der Waals surface area contributed by atoms with Crippen molar-refractivity contribution in [1.29, 1.82) is 0 Å². The van der Waals surface area contributed by atoms with Crippen LogP contribution in [-0.4, -0.2) is 23.8 Å². The van der Waals surface area contributed by atoms with Crippen LogP contribution in [-0.2, 0) is 14.4 Å². The largest absolute Gasteiger partial charge is 0.326 e. The van der Waals surface area contributed by atoms with Crippen LogP contribution in [0.1, 0.15) is 12.0 Å². The molecule has 9 heteroatoms. The van der Waals surface area contributed by atoms with E-state index in [0.717, 1.165) is 0 Å². The summed E-state index contributed by atoms with van der Waals surface area (Å²) in [5, 5.41) is 6.58. The van der Waals surface area contributed by atoms with Gasteiger partial charge in [0.25, 0.3) is 5.91 Å². The Balaban J connectivity index is 1.61. The van der Waals surface area contributed by atoms with Gasteiger partial charge in [-0.25, -0.2) is 0 Å². The van der Waals surface area contributed by atoms with Crippen LogP contribution < -0.4 is 15.5 Å². The van der Waals surface area contributed by atoms with Gasteiger partial charge in [-0.05, 0) is 48.0 Å². The quantitative estimate of drug-likeness (QED) is 0.407. The van der Waals surface area contributed by atoms with E-state index in [0.29, 0.717) is 32.7 Å². The molecule has 1 heterocycles. The van der Waals surface area contributed by atoms with Gasteiger partial charge in [-0.3, -0.25) is 19.3 Å². The molecule has 0 bridgehead atoms. The summed E-state index contributed by atoms with van der Waals surface area (Å²) in [5.74, 6) is -1.40. The maximum Gasteiger partial charge on any atom is 0.251 e. The van der Waals surface area contributed by atoms with Crippen LogP contribution in [0.25, 0.3) is 6.08 Å². The predicted octanol–water partition coefficient (Wildman–Crippen LogP) is 6.04. The average molecular weight is 515 g/mol. The fourth-order valence-electron chi connectivity index (χ4n) is 3.56. The zero-order valence-electron chi connectivity index (χ0n) is 17.6. The molecule has 0 saturated heterocycles. The molecular weight excluding hydrogens is 497 g/mol. The second kappa shape index (κ2) is 10.3. The smallest absolute Gasteiger partial charge is 0.251 e. The van der Waals surface area contributed by atoms with E-state index in [4.69, 9.17) is 34.8 Å². The van der Waals surface area contributed by atoms with Gasteiger partial charge in [-0.1, -0.05) is 65.1 Å². The zero-order valence-corrected chi connectivity index (χ0v) is 19.9. The third-order valence-electron chi connectivity index (χ3n) is 5.17. The van der Waals surface area contributed by atoms with Crippen LogP contribution in [0.5, 0.6) is 0 Å². The highest BCUT2D eigenvalue weighted by atomic mass is 35.5. The summed E-state index contributed by atoms with van der Waals surface area (Å²) >= 11 is 18.1. The molecule has 4 rings (SSSR count). The summed E-state index contributed by atoms with van der Waals surface area (Å²) in [7, 11) is 0. The third-order valence-corrected chi connectivity index (χ3v) is 6.25. The lowest BCUT2D eigenvalue weighted by molar-refractivity contribution is -0.124. The summed E-state index contributed by atoms with van der Waals surface area (Å²) in [6.45, 7) is 0. The molecule has 1 atom stereocenters. The van der Waals surface area contributed by atoms with Gasteiger partial charge >= 0.3 is 0 Å². The van der Waals surface area contributed by atoms with Gasteiger partial charge in [-0.2, -0.15) is 0 Å². The van der Waals surface area contributed by atoms with Crippen molar-refractivity contribution >= 4 is 75.7 Å². The highest BCUT2D eigenvalue weighted by Crippen LogP contribution is 2.33. The van der Waals surface area contributed by atoms with Crippen molar-refractivity contribution in [3.63, 3.8) is 0 Å². The first kappa shape index (κ1) is 23.8. The number of nitrogens with zero attached hydrogens (tertiary/aromatic N) is 1. The lowest BCUT2D eigenvalue weighted by Crippen LogP contribution is -2.52. The minimum absolute atomic E-state index is 0.272. The summed E-state index contributed by atoms with van der Waals surface area (Å²) < 4.78 is 0. The van der Waals surface area contributed by atoms with E-state index in [9.17, 15) is 14.4 Å². The number of anilines is 3. The van der Waals surface area contributed by atoms with Crippen LogP contribution >= 0.6 is 34.8 Å². The molecule has 0 fully saturated rings. The molecule has 0 radical (unpaired) electrons. The molecule has 0 spiro atoms. The van der Waals surface area contributed by atoms with E-state index in [1.165, 1.54) is 17.0 Å². The van der Waals surface area contributed by atoms with Gasteiger partial charge in [0, 0.05) is 16.8 Å². The normalized spacial score (nSPS) is 15.1. The van der Waals surface area contributed by atoms with Crippen molar-refractivity contribution < 1.29 is 14.4 Å². The minimum atomic E-state index is -1.07. The van der Waals surface area contributed by atoms with Crippen LogP contribution in [0.15, 0.2) is 72.8 Å². The molecule has 1 unspecified atom stereocenters. The third kappa shape index (κ3) is 5.25. The molecule has 34 heavy (non-hydrogen) atoms. The van der Waals surface area contributed by atoms with Gasteiger partial charge in [0.2, 0.25) is 11.8 Å². The molecule has 6 nitrogen and oxygen atoms in total. The first-order valence-electron chi connectivity index (χ1n) is 10.2. The number of carbonyl (C=O) groups is 3. The molecule has 172 valence electrons. The van der Waals surface area contributed by atoms with Crippen LogP contribution in [0.3, 0.4) is 0 Å². The van der Waals surface area contributed by atoms with Crippen LogP contribution in [0.2, 0.25) is 15.1 Å². The number of hydrogen-bond acceptors (Lipinski definition) is 3. The molecule has 3 aromatic carbocycles. The zero-order chi connectivity index (χ0) is 24.2. The summed E-state index contributed by atoms with van der Waals surface area (Å²) in [4.78, 5) is 40.3. The average Bonchev–Trinajstić information content (AvgIpc) is 2.81. The first-order chi connectivity index (χ1) is 16.3. The van der Waals surface area contributed by atoms with E-state index in [1.807, 2.05) is 0 Å². The monoisotopic (exact) mass is 513 g/mol. The molecule has 3 amide bonds. The Morgan fingerprint density at radius 3 is 2.44 bits per heavy atom. The Morgan fingerprint density at radius 2 is 1.68 bits per heavy atom. The van der Waals surface area contributed by atoms with Crippen molar-refractivity contribution in [2.75, 3.05) is 15.5 Å². The van der Waals surface area contributed by atoms with E-state index in [2.05, 4.69) is 10.6 Å². The number of carbonyl (C=O) groups excluding carboxylic acids is 3. The lowest BCUT2D eigenvalue weighted by atomic mass is 10.0. The van der Waals surface area contributed by atoms with Crippen molar-refractivity contribution in [3.05, 3.63) is 93.4 Å². The maximum atomic E-state index is 13.3.